The summed E-state index contributed by atoms with van der Waals surface area (Å²) in [7, 11) is 0. The molecule has 0 bridgehead atoms. The van der Waals surface area contributed by atoms with Crippen molar-refractivity contribution in [2.24, 2.45) is 0 Å². The zero-order chi connectivity index (χ0) is 14.4. The van der Waals surface area contributed by atoms with Crippen LogP contribution in [-0.4, -0.2) is 6.54 Å². The van der Waals surface area contributed by atoms with Crippen LogP contribution < -0.4 is 5.32 Å². The first-order valence-electron chi connectivity index (χ1n) is 7.99. The van der Waals surface area contributed by atoms with Gasteiger partial charge in [0.15, 0.2) is 0 Å². The Hall–Kier alpha value is -1.34. The largest absolute Gasteiger partial charge is 0.310 e. The Morgan fingerprint density at radius 2 is 1.70 bits per heavy atom. The van der Waals surface area contributed by atoms with Crippen molar-refractivity contribution in [1.29, 1.82) is 0 Å². The maximum Gasteiger partial charge on any atom is 0.0326 e. The number of hydrogen-bond acceptors (Lipinski definition) is 1. The molecule has 2 aromatic carbocycles. The van der Waals surface area contributed by atoms with E-state index >= 15 is 0 Å². The molecule has 0 heterocycles. The molecule has 20 heavy (non-hydrogen) atoms. The monoisotopic (exact) mass is 269 g/mol. The topological polar surface area (TPSA) is 12.0 Å². The third kappa shape index (κ3) is 3.40. The standard InChI is InChI=1S/C19H27N/c1-4-6-11-19(20-14-5-2)18-13-12-15(3)16-9-7-8-10-17(16)18/h7-10,12-13,19-20H,4-6,11,14H2,1-3H3. The summed E-state index contributed by atoms with van der Waals surface area (Å²) in [6.45, 7) is 7.80. The van der Waals surface area contributed by atoms with Crippen molar-refractivity contribution >= 4 is 10.8 Å². The highest BCUT2D eigenvalue weighted by atomic mass is 14.9. The van der Waals surface area contributed by atoms with Crippen LogP contribution in [0.15, 0.2) is 36.4 Å². The second-order valence-electron chi connectivity index (χ2n) is 5.67. The number of fused-ring (bicyclic) bond motifs is 1. The molecule has 0 aliphatic carbocycles. The van der Waals surface area contributed by atoms with Crippen LogP contribution in [0.1, 0.15) is 56.7 Å². The summed E-state index contributed by atoms with van der Waals surface area (Å²) in [5, 5.41) is 6.54. The molecule has 1 heteroatoms. The van der Waals surface area contributed by atoms with Crippen LogP contribution in [0.5, 0.6) is 0 Å². The molecule has 0 saturated heterocycles. The fraction of sp³-hybridized carbons (Fsp3) is 0.474. The Labute approximate surface area is 123 Å². The summed E-state index contributed by atoms with van der Waals surface area (Å²) in [5.41, 5.74) is 2.84. The normalized spacial score (nSPS) is 12.8. The van der Waals surface area contributed by atoms with E-state index in [1.807, 2.05) is 0 Å². The number of hydrogen-bond donors (Lipinski definition) is 1. The summed E-state index contributed by atoms with van der Waals surface area (Å²) >= 11 is 0. The molecule has 0 amide bonds. The molecule has 0 aliphatic rings. The Kier molecular flexibility index (Phi) is 5.60. The Balaban J connectivity index is 2.38. The molecule has 1 unspecified atom stereocenters. The highest BCUT2D eigenvalue weighted by Crippen LogP contribution is 2.29. The van der Waals surface area contributed by atoms with Gasteiger partial charge < -0.3 is 5.32 Å². The van der Waals surface area contributed by atoms with Crippen molar-refractivity contribution in [3.63, 3.8) is 0 Å². The maximum absolute atomic E-state index is 3.73. The van der Waals surface area contributed by atoms with Gasteiger partial charge in [0.25, 0.3) is 0 Å². The van der Waals surface area contributed by atoms with Gasteiger partial charge in [0.1, 0.15) is 0 Å². The summed E-state index contributed by atoms with van der Waals surface area (Å²) in [6.07, 6.45) is 4.95. The highest BCUT2D eigenvalue weighted by Gasteiger charge is 2.13. The van der Waals surface area contributed by atoms with E-state index in [0.29, 0.717) is 6.04 Å². The number of benzene rings is 2. The molecule has 0 aliphatic heterocycles. The molecular formula is C19H27N. The van der Waals surface area contributed by atoms with Crippen molar-refractivity contribution in [2.45, 2.75) is 52.5 Å². The van der Waals surface area contributed by atoms with Crippen LogP contribution in [0.2, 0.25) is 0 Å². The van der Waals surface area contributed by atoms with Gasteiger partial charge in [-0.15, -0.1) is 0 Å². The molecular weight excluding hydrogens is 242 g/mol. The average Bonchev–Trinajstić information content (AvgIpc) is 2.49. The smallest absolute Gasteiger partial charge is 0.0326 e. The van der Waals surface area contributed by atoms with E-state index in [4.69, 9.17) is 0 Å². The van der Waals surface area contributed by atoms with Crippen LogP contribution in [-0.2, 0) is 0 Å². The minimum Gasteiger partial charge on any atom is -0.310 e. The molecule has 0 radical (unpaired) electrons. The lowest BCUT2D eigenvalue weighted by Crippen LogP contribution is -2.22. The number of aryl methyl sites for hydroxylation is 1. The zero-order valence-corrected chi connectivity index (χ0v) is 13.1. The van der Waals surface area contributed by atoms with E-state index < -0.39 is 0 Å². The summed E-state index contributed by atoms with van der Waals surface area (Å²) in [4.78, 5) is 0. The first kappa shape index (κ1) is 15.1. The van der Waals surface area contributed by atoms with Gasteiger partial charge in [0.05, 0.1) is 0 Å². The van der Waals surface area contributed by atoms with E-state index in [1.165, 1.54) is 47.6 Å². The van der Waals surface area contributed by atoms with E-state index in [-0.39, 0.29) is 0 Å². The van der Waals surface area contributed by atoms with Crippen molar-refractivity contribution in [3.8, 4) is 0 Å². The van der Waals surface area contributed by atoms with Crippen LogP contribution in [0.25, 0.3) is 10.8 Å². The lowest BCUT2D eigenvalue weighted by Gasteiger charge is -2.21. The van der Waals surface area contributed by atoms with Crippen LogP contribution in [0.3, 0.4) is 0 Å². The van der Waals surface area contributed by atoms with Crippen LogP contribution in [0, 0.1) is 6.92 Å². The minimum absolute atomic E-state index is 0.486. The summed E-state index contributed by atoms with van der Waals surface area (Å²) in [5.74, 6) is 0. The molecule has 0 aromatic heterocycles. The Bertz CT molecular complexity index is 536. The first-order chi connectivity index (χ1) is 9.77. The number of nitrogens with one attached hydrogen (secondary N) is 1. The second-order valence-corrected chi connectivity index (χ2v) is 5.67. The van der Waals surface area contributed by atoms with E-state index in [9.17, 15) is 0 Å². The quantitative estimate of drug-likeness (QED) is 0.711. The van der Waals surface area contributed by atoms with Crippen LogP contribution >= 0.6 is 0 Å². The lowest BCUT2D eigenvalue weighted by atomic mass is 9.93. The van der Waals surface area contributed by atoms with Crippen molar-refractivity contribution in [3.05, 3.63) is 47.5 Å². The van der Waals surface area contributed by atoms with Gasteiger partial charge >= 0.3 is 0 Å². The average molecular weight is 269 g/mol. The third-order valence-corrected chi connectivity index (χ3v) is 4.04. The third-order valence-electron chi connectivity index (χ3n) is 4.04. The summed E-state index contributed by atoms with van der Waals surface area (Å²) in [6, 6.07) is 13.9. The van der Waals surface area contributed by atoms with Gasteiger partial charge in [0.2, 0.25) is 0 Å². The van der Waals surface area contributed by atoms with Crippen molar-refractivity contribution in [2.75, 3.05) is 6.54 Å². The molecule has 108 valence electrons. The Morgan fingerprint density at radius 1 is 0.950 bits per heavy atom. The number of rotatable bonds is 7. The Morgan fingerprint density at radius 3 is 2.40 bits per heavy atom. The van der Waals surface area contributed by atoms with Gasteiger partial charge in [-0.2, -0.15) is 0 Å². The van der Waals surface area contributed by atoms with E-state index in [0.717, 1.165) is 6.54 Å². The number of unbranched alkanes of at least 4 members (excludes halogenated alkanes) is 1. The highest BCUT2D eigenvalue weighted by molar-refractivity contribution is 5.88. The van der Waals surface area contributed by atoms with Gasteiger partial charge in [-0.3, -0.25) is 0 Å². The van der Waals surface area contributed by atoms with Gasteiger partial charge in [-0.05, 0) is 48.2 Å². The molecule has 1 nitrogen and oxygen atoms in total. The van der Waals surface area contributed by atoms with Gasteiger partial charge in [-0.25, -0.2) is 0 Å². The predicted molar refractivity (Wildman–Crippen MR) is 89.2 cm³/mol. The first-order valence-corrected chi connectivity index (χ1v) is 7.99. The molecule has 0 fully saturated rings. The van der Waals surface area contributed by atoms with Crippen molar-refractivity contribution < 1.29 is 0 Å². The van der Waals surface area contributed by atoms with Crippen molar-refractivity contribution in [1.82, 2.24) is 5.32 Å². The van der Waals surface area contributed by atoms with E-state index in [1.54, 1.807) is 0 Å². The lowest BCUT2D eigenvalue weighted by molar-refractivity contribution is 0.484. The van der Waals surface area contributed by atoms with E-state index in [2.05, 4.69) is 62.5 Å². The summed E-state index contributed by atoms with van der Waals surface area (Å²) < 4.78 is 0. The fourth-order valence-electron chi connectivity index (χ4n) is 2.87. The minimum atomic E-state index is 0.486. The fourth-order valence-corrected chi connectivity index (χ4v) is 2.87. The molecule has 1 atom stereocenters. The van der Waals surface area contributed by atoms with Crippen LogP contribution in [0.4, 0.5) is 0 Å². The predicted octanol–water partition coefficient (Wildman–Crippen LogP) is 5.38. The van der Waals surface area contributed by atoms with Gasteiger partial charge in [-0.1, -0.05) is 63.1 Å². The SMILES string of the molecule is CCCCC(NCCC)c1ccc(C)c2ccccc12. The molecule has 0 saturated carbocycles. The second kappa shape index (κ2) is 7.44. The molecule has 2 aromatic rings. The van der Waals surface area contributed by atoms with Gasteiger partial charge in [0, 0.05) is 6.04 Å². The zero-order valence-electron chi connectivity index (χ0n) is 13.1. The maximum atomic E-state index is 3.73. The molecule has 1 N–H and O–H groups in total. The molecule has 0 spiro atoms. The molecule has 2 rings (SSSR count).